The van der Waals surface area contributed by atoms with E-state index >= 15 is 0 Å². The van der Waals surface area contributed by atoms with Gasteiger partial charge in [-0.25, -0.2) is 8.78 Å². The summed E-state index contributed by atoms with van der Waals surface area (Å²) >= 11 is 0. The van der Waals surface area contributed by atoms with Crippen LogP contribution in [0.25, 0.3) is 0 Å². The molecule has 6 rings (SSSR count). The Labute approximate surface area is 157 Å². The lowest BCUT2D eigenvalue weighted by molar-refractivity contribution is -0.145. The summed E-state index contributed by atoms with van der Waals surface area (Å²) < 4.78 is 27.1. The lowest BCUT2D eigenvalue weighted by Crippen LogP contribution is -2.50. The van der Waals surface area contributed by atoms with Gasteiger partial charge < -0.3 is 0 Å². The third-order valence-corrected chi connectivity index (χ3v) is 7.72. The van der Waals surface area contributed by atoms with Crippen LogP contribution < -0.4 is 0 Å². The molecule has 0 heterocycles. The van der Waals surface area contributed by atoms with Crippen molar-refractivity contribution in [3.63, 3.8) is 0 Å². The summed E-state index contributed by atoms with van der Waals surface area (Å²) in [6, 6.07) is 7.55. The van der Waals surface area contributed by atoms with Crippen molar-refractivity contribution in [3.05, 3.63) is 35.4 Å². The fraction of sp³-hybridized carbons (Fsp3) is 0.591. The molecule has 5 saturated carbocycles. The summed E-state index contributed by atoms with van der Waals surface area (Å²) in [5.41, 5.74) is -1.49. The normalized spacial score (nSPS) is 40.2. The molecule has 1 unspecified atom stereocenters. The second-order valence-electron chi connectivity index (χ2n) is 9.28. The summed E-state index contributed by atoms with van der Waals surface area (Å²) in [5, 5.41) is 19.4. The topological polar surface area (TPSA) is 64.7 Å². The molecular formula is C22H20F2N2O. The van der Waals surface area contributed by atoms with Gasteiger partial charge in [-0.1, -0.05) is 6.07 Å². The van der Waals surface area contributed by atoms with Gasteiger partial charge in [0.2, 0.25) is 0 Å². The zero-order valence-corrected chi connectivity index (χ0v) is 14.9. The molecule has 5 fully saturated rings. The maximum atomic E-state index is 13.7. The van der Waals surface area contributed by atoms with E-state index in [0.717, 1.165) is 31.4 Å². The Kier molecular flexibility index (Phi) is 3.36. The van der Waals surface area contributed by atoms with E-state index in [1.165, 1.54) is 25.3 Å². The smallest absolute Gasteiger partial charge is 0.161 e. The van der Waals surface area contributed by atoms with Gasteiger partial charge in [0, 0.05) is 11.3 Å². The van der Waals surface area contributed by atoms with Gasteiger partial charge >= 0.3 is 0 Å². The van der Waals surface area contributed by atoms with Gasteiger partial charge in [-0.05, 0) is 74.0 Å². The number of hydrogen-bond acceptors (Lipinski definition) is 3. The van der Waals surface area contributed by atoms with Crippen molar-refractivity contribution in [2.75, 3.05) is 0 Å². The maximum absolute atomic E-state index is 13.7. The van der Waals surface area contributed by atoms with E-state index in [2.05, 4.69) is 0 Å². The van der Waals surface area contributed by atoms with Crippen molar-refractivity contribution >= 4 is 5.78 Å². The predicted molar refractivity (Wildman–Crippen MR) is 91.9 cm³/mol. The fourth-order valence-electron chi connectivity index (χ4n) is 6.95. The third-order valence-electron chi connectivity index (χ3n) is 7.72. The van der Waals surface area contributed by atoms with Crippen molar-refractivity contribution in [2.45, 2.75) is 44.4 Å². The molecule has 1 aromatic carbocycles. The summed E-state index contributed by atoms with van der Waals surface area (Å²) in [7, 11) is 0. The van der Waals surface area contributed by atoms with E-state index in [1.807, 2.05) is 12.1 Å². The predicted octanol–water partition coefficient (Wildman–Crippen LogP) is 4.50. The molecule has 0 saturated heterocycles. The monoisotopic (exact) mass is 366 g/mol. The lowest BCUT2D eigenvalue weighted by Gasteiger charge is -2.56. The number of nitriles is 2. The quantitative estimate of drug-likeness (QED) is 0.791. The van der Waals surface area contributed by atoms with E-state index in [9.17, 15) is 24.1 Å². The summed E-state index contributed by atoms with van der Waals surface area (Å²) in [6.45, 7) is 0. The molecule has 0 radical (unpaired) electrons. The molecule has 0 N–H and O–H groups in total. The first-order valence-electron chi connectivity index (χ1n) is 9.74. The summed E-state index contributed by atoms with van der Waals surface area (Å²) in [6.07, 6.45) is 6.20. The summed E-state index contributed by atoms with van der Waals surface area (Å²) in [4.78, 5) is 13.7. The molecule has 0 aliphatic heterocycles. The molecule has 5 aliphatic rings. The SMILES string of the molecule is N#CC1(C#N)C(c2ccc(F)c(F)c2)[C@H]1C(=O)C12CC3CC(CC(C3)C1)C2. The number of ketones is 1. The van der Waals surface area contributed by atoms with Crippen molar-refractivity contribution in [1.29, 1.82) is 10.5 Å². The van der Waals surface area contributed by atoms with E-state index in [4.69, 9.17) is 0 Å². The maximum Gasteiger partial charge on any atom is 0.161 e. The van der Waals surface area contributed by atoms with Crippen LogP contribution >= 0.6 is 0 Å². The van der Waals surface area contributed by atoms with Crippen LogP contribution in [0, 0.1) is 68.8 Å². The van der Waals surface area contributed by atoms with Gasteiger partial charge in [0.1, 0.15) is 5.78 Å². The van der Waals surface area contributed by atoms with Gasteiger partial charge in [-0.3, -0.25) is 4.79 Å². The Hall–Kier alpha value is -2.27. The van der Waals surface area contributed by atoms with Gasteiger partial charge in [-0.15, -0.1) is 0 Å². The number of carbonyl (C=O) groups excluding carboxylic acids is 1. The van der Waals surface area contributed by atoms with Crippen molar-refractivity contribution < 1.29 is 13.6 Å². The van der Waals surface area contributed by atoms with Crippen LogP contribution in [0.1, 0.15) is 50.0 Å². The van der Waals surface area contributed by atoms with E-state index in [0.29, 0.717) is 23.3 Å². The zero-order valence-electron chi connectivity index (χ0n) is 14.9. The Morgan fingerprint density at radius 3 is 2.00 bits per heavy atom. The van der Waals surface area contributed by atoms with E-state index < -0.39 is 34.3 Å². The van der Waals surface area contributed by atoms with Crippen LogP contribution in [-0.2, 0) is 4.79 Å². The van der Waals surface area contributed by atoms with Crippen molar-refractivity contribution in [3.8, 4) is 12.1 Å². The van der Waals surface area contributed by atoms with Crippen LogP contribution in [-0.4, -0.2) is 5.78 Å². The molecule has 2 atom stereocenters. The van der Waals surface area contributed by atoms with Crippen LogP contribution in [0.4, 0.5) is 8.78 Å². The molecule has 0 spiro atoms. The van der Waals surface area contributed by atoms with Gasteiger partial charge in [0.25, 0.3) is 0 Å². The molecule has 3 nitrogen and oxygen atoms in total. The first kappa shape index (κ1) is 16.9. The highest BCUT2D eigenvalue weighted by Crippen LogP contribution is 2.70. The minimum atomic E-state index is -1.45. The molecule has 4 bridgehead atoms. The number of hydrogen-bond donors (Lipinski definition) is 0. The molecule has 5 aliphatic carbocycles. The minimum absolute atomic E-state index is 0.0273. The molecule has 0 aromatic heterocycles. The van der Waals surface area contributed by atoms with Crippen molar-refractivity contribution in [1.82, 2.24) is 0 Å². The Balaban J connectivity index is 1.52. The first-order valence-corrected chi connectivity index (χ1v) is 9.74. The molecule has 138 valence electrons. The molecule has 27 heavy (non-hydrogen) atoms. The van der Waals surface area contributed by atoms with Crippen molar-refractivity contribution in [2.24, 2.45) is 34.5 Å². The number of rotatable bonds is 3. The van der Waals surface area contributed by atoms with Crippen LogP contribution in [0.2, 0.25) is 0 Å². The number of Topliss-reactive ketones (excluding diaryl/α,β-unsaturated/α-hetero) is 1. The third kappa shape index (κ3) is 2.18. The second kappa shape index (κ2) is 5.38. The van der Waals surface area contributed by atoms with Crippen LogP contribution in [0.15, 0.2) is 18.2 Å². The van der Waals surface area contributed by atoms with E-state index in [1.54, 1.807) is 0 Å². The summed E-state index contributed by atoms with van der Waals surface area (Å²) in [5.74, 6) is -1.60. The van der Waals surface area contributed by atoms with Crippen LogP contribution in [0.3, 0.4) is 0 Å². The molecular weight excluding hydrogens is 346 g/mol. The fourth-order valence-corrected chi connectivity index (χ4v) is 6.95. The van der Waals surface area contributed by atoms with Gasteiger partial charge in [0.05, 0.1) is 18.1 Å². The highest BCUT2D eigenvalue weighted by molar-refractivity contribution is 5.94. The first-order chi connectivity index (χ1) is 12.9. The number of nitrogens with zero attached hydrogens (tertiary/aromatic N) is 2. The molecule has 5 heteroatoms. The highest BCUT2D eigenvalue weighted by Gasteiger charge is 2.73. The average Bonchev–Trinajstić information content (AvgIpc) is 3.31. The molecule has 1 aromatic rings. The van der Waals surface area contributed by atoms with Crippen LogP contribution in [0.5, 0.6) is 0 Å². The lowest BCUT2D eigenvalue weighted by atomic mass is 9.48. The zero-order chi connectivity index (χ0) is 19.0. The molecule has 0 amide bonds. The Morgan fingerprint density at radius 2 is 1.52 bits per heavy atom. The minimum Gasteiger partial charge on any atom is -0.299 e. The van der Waals surface area contributed by atoms with E-state index in [-0.39, 0.29) is 5.78 Å². The second-order valence-corrected chi connectivity index (χ2v) is 9.28. The number of carbonyl (C=O) groups is 1. The number of benzene rings is 1. The van der Waals surface area contributed by atoms with Gasteiger partial charge in [-0.2, -0.15) is 10.5 Å². The highest BCUT2D eigenvalue weighted by atomic mass is 19.2. The Morgan fingerprint density at radius 1 is 0.963 bits per heavy atom. The number of halogens is 2. The van der Waals surface area contributed by atoms with Gasteiger partial charge in [0.15, 0.2) is 17.0 Å². The largest absolute Gasteiger partial charge is 0.299 e. The standard InChI is InChI=1S/C22H20F2N2O/c23-16-2-1-15(6-17(16)24)18-19(22(18,10-25)11-26)20(27)21-7-12-3-13(8-21)5-14(4-12)9-21/h1-2,6,12-14,18-19H,3-5,7-9H2/t12?,13?,14?,18?,19-,21?/m0/s1. The Bertz CT molecular complexity index is 876. The average molecular weight is 366 g/mol.